The Balaban J connectivity index is 1.85. The van der Waals surface area contributed by atoms with Gasteiger partial charge >= 0.3 is 6.18 Å². The summed E-state index contributed by atoms with van der Waals surface area (Å²) < 4.78 is 52.4. The minimum absolute atomic E-state index is 0.0598. The summed E-state index contributed by atoms with van der Waals surface area (Å²) in [6, 6.07) is 7.83. The average molecular weight is 454 g/mol. The van der Waals surface area contributed by atoms with Crippen molar-refractivity contribution in [2.45, 2.75) is 24.6 Å². The third-order valence-corrected chi connectivity index (χ3v) is 6.11. The van der Waals surface area contributed by atoms with Crippen LogP contribution in [0.3, 0.4) is 0 Å². The lowest BCUT2D eigenvalue weighted by Crippen LogP contribution is -2.30. The van der Waals surface area contributed by atoms with Crippen LogP contribution in [0, 0.1) is 5.92 Å². The first-order valence-corrected chi connectivity index (χ1v) is 9.69. The Bertz CT molecular complexity index is 942. The van der Waals surface area contributed by atoms with Crippen molar-refractivity contribution >= 4 is 21.6 Å². The van der Waals surface area contributed by atoms with Crippen LogP contribution in [0.1, 0.15) is 35.1 Å². The van der Waals surface area contributed by atoms with E-state index in [-0.39, 0.29) is 23.6 Å². The van der Waals surface area contributed by atoms with Crippen LogP contribution in [-0.2, 0) is 6.18 Å². The predicted octanol–water partition coefficient (Wildman–Crippen LogP) is 6.31. The van der Waals surface area contributed by atoms with Gasteiger partial charge < -0.3 is 14.8 Å². The molecule has 0 fully saturated rings. The molecule has 1 heterocycles. The molecule has 0 bridgehead atoms. The molecule has 7 heteroatoms. The maximum Gasteiger partial charge on any atom is 0.418 e. The van der Waals surface area contributed by atoms with Gasteiger partial charge in [-0.1, -0.05) is 24.3 Å². The van der Waals surface area contributed by atoms with Crippen molar-refractivity contribution in [1.29, 1.82) is 0 Å². The molecular formula is C21H19BrF3NO2. The molecule has 1 aliphatic carbocycles. The van der Waals surface area contributed by atoms with E-state index in [2.05, 4.69) is 27.3 Å². The van der Waals surface area contributed by atoms with Gasteiger partial charge in [-0.2, -0.15) is 13.2 Å². The van der Waals surface area contributed by atoms with Crippen molar-refractivity contribution in [2.75, 3.05) is 19.5 Å². The maximum atomic E-state index is 13.6. The van der Waals surface area contributed by atoms with Crippen molar-refractivity contribution in [1.82, 2.24) is 0 Å². The third-order valence-electron chi connectivity index (χ3n) is 5.52. The number of fused-ring (bicyclic) bond motifs is 3. The zero-order chi connectivity index (χ0) is 20.1. The number of hydrogen-bond acceptors (Lipinski definition) is 3. The second kappa shape index (κ2) is 7.03. The van der Waals surface area contributed by atoms with Crippen molar-refractivity contribution in [3.8, 4) is 11.5 Å². The number of hydrogen-bond donors (Lipinski definition) is 1. The molecule has 3 nitrogen and oxygen atoms in total. The molecule has 1 aliphatic heterocycles. The van der Waals surface area contributed by atoms with Gasteiger partial charge in [-0.3, -0.25) is 0 Å². The normalized spacial score (nSPS) is 23.0. The number of allylic oxidation sites excluding steroid dienone is 2. The van der Waals surface area contributed by atoms with Crippen LogP contribution in [0.15, 0.2) is 47.0 Å². The largest absolute Gasteiger partial charge is 0.493 e. The van der Waals surface area contributed by atoms with E-state index in [1.54, 1.807) is 20.3 Å². The van der Waals surface area contributed by atoms with E-state index < -0.39 is 11.7 Å². The van der Waals surface area contributed by atoms with Crippen LogP contribution in [0.25, 0.3) is 0 Å². The fraction of sp³-hybridized carbons (Fsp3) is 0.333. The third kappa shape index (κ3) is 3.05. The molecular weight excluding hydrogens is 435 g/mol. The number of halogens is 4. The molecule has 1 N–H and O–H groups in total. The molecule has 2 aromatic carbocycles. The Morgan fingerprint density at radius 1 is 1.14 bits per heavy atom. The van der Waals surface area contributed by atoms with E-state index in [0.29, 0.717) is 21.5 Å². The molecule has 0 spiro atoms. The van der Waals surface area contributed by atoms with Gasteiger partial charge in [-0.05, 0) is 57.6 Å². The van der Waals surface area contributed by atoms with Crippen LogP contribution < -0.4 is 14.8 Å². The standard InChI is InChI=1S/C21H19BrF3NO2/c1-27-17-10-11(9-16(22)20(17)28-2)18-13-6-3-5-12(13)14-7-4-8-15(19(14)26-18)21(23,24)25/h3-5,7-10,12-13,18,26H,6H2,1-2H3. The summed E-state index contributed by atoms with van der Waals surface area (Å²) >= 11 is 3.49. The Labute approximate surface area is 169 Å². The van der Waals surface area contributed by atoms with E-state index in [1.807, 2.05) is 18.2 Å². The molecule has 2 aromatic rings. The number of anilines is 1. The van der Waals surface area contributed by atoms with Crippen LogP contribution >= 0.6 is 15.9 Å². The Morgan fingerprint density at radius 2 is 1.93 bits per heavy atom. The highest BCUT2D eigenvalue weighted by Crippen LogP contribution is 2.53. The zero-order valence-corrected chi connectivity index (χ0v) is 16.9. The first-order valence-electron chi connectivity index (χ1n) is 8.90. The summed E-state index contributed by atoms with van der Waals surface area (Å²) in [6.07, 6.45) is 0.447. The van der Waals surface area contributed by atoms with Crippen molar-refractivity contribution in [3.05, 3.63) is 63.6 Å². The van der Waals surface area contributed by atoms with Gasteiger partial charge in [0.25, 0.3) is 0 Å². The monoisotopic (exact) mass is 453 g/mol. The number of ether oxygens (including phenoxy) is 2. The topological polar surface area (TPSA) is 30.5 Å². The van der Waals surface area contributed by atoms with Crippen LogP contribution in [0.4, 0.5) is 18.9 Å². The quantitative estimate of drug-likeness (QED) is 0.552. The summed E-state index contributed by atoms with van der Waals surface area (Å²) in [5, 5.41) is 3.20. The average Bonchev–Trinajstić information content (AvgIpc) is 3.15. The summed E-state index contributed by atoms with van der Waals surface area (Å²) in [6.45, 7) is 0. The summed E-state index contributed by atoms with van der Waals surface area (Å²) in [5.74, 6) is 1.15. The van der Waals surface area contributed by atoms with Crippen LogP contribution in [-0.4, -0.2) is 14.2 Å². The lowest BCUT2D eigenvalue weighted by atomic mass is 9.76. The van der Waals surface area contributed by atoms with E-state index in [4.69, 9.17) is 9.47 Å². The molecule has 0 amide bonds. The molecule has 0 saturated heterocycles. The molecule has 0 aromatic heterocycles. The van der Waals surface area contributed by atoms with Gasteiger partial charge in [0, 0.05) is 5.92 Å². The first-order chi connectivity index (χ1) is 13.3. The zero-order valence-electron chi connectivity index (χ0n) is 15.3. The summed E-state index contributed by atoms with van der Waals surface area (Å²) in [7, 11) is 3.09. The van der Waals surface area contributed by atoms with Gasteiger partial charge in [-0.15, -0.1) is 0 Å². The number of para-hydroxylation sites is 1. The van der Waals surface area contributed by atoms with Crippen molar-refractivity contribution < 1.29 is 22.6 Å². The maximum absolute atomic E-state index is 13.6. The molecule has 0 radical (unpaired) electrons. The van der Waals surface area contributed by atoms with Crippen LogP contribution in [0.5, 0.6) is 11.5 Å². The van der Waals surface area contributed by atoms with Crippen molar-refractivity contribution in [3.63, 3.8) is 0 Å². The lowest BCUT2D eigenvalue weighted by molar-refractivity contribution is -0.137. The Morgan fingerprint density at radius 3 is 2.61 bits per heavy atom. The number of alkyl halides is 3. The fourth-order valence-corrected chi connectivity index (χ4v) is 4.93. The molecule has 148 valence electrons. The minimum Gasteiger partial charge on any atom is -0.493 e. The SMILES string of the molecule is COc1cc(C2Nc3c(cccc3C(F)(F)F)C3C=CCC32)cc(Br)c1OC. The molecule has 4 rings (SSSR count). The highest BCUT2D eigenvalue weighted by Gasteiger charge is 2.43. The van der Waals surface area contributed by atoms with E-state index >= 15 is 0 Å². The van der Waals surface area contributed by atoms with Crippen molar-refractivity contribution in [2.24, 2.45) is 5.92 Å². The Hall–Kier alpha value is -2.15. The van der Waals surface area contributed by atoms with Gasteiger partial charge in [0.15, 0.2) is 11.5 Å². The Kier molecular flexibility index (Phi) is 4.81. The van der Waals surface area contributed by atoms with E-state index in [0.717, 1.165) is 18.1 Å². The highest BCUT2D eigenvalue weighted by atomic mass is 79.9. The highest BCUT2D eigenvalue weighted by molar-refractivity contribution is 9.10. The smallest absolute Gasteiger partial charge is 0.418 e. The number of benzene rings is 2. The summed E-state index contributed by atoms with van der Waals surface area (Å²) in [5.41, 5.74) is 1.09. The molecule has 0 saturated carbocycles. The minimum atomic E-state index is -4.42. The molecule has 3 atom stereocenters. The predicted molar refractivity (Wildman–Crippen MR) is 105 cm³/mol. The van der Waals surface area contributed by atoms with Gasteiger partial charge in [0.05, 0.1) is 36.0 Å². The second-order valence-electron chi connectivity index (χ2n) is 6.98. The van der Waals surface area contributed by atoms with E-state index in [9.17, 15) is 13.2 Å². The number of nitrogens with one attached hydrogen (secondary N) is 1. The molecule has 3 unspecified atom stereocenters. The number of rotatable bonds is 3. The summed E-state index contributed by atoms with van der Waals surface area (Å²) in [4.78, 5) is 0. The van der Waals surface area contributed by atoms with Gasteiger partial charge in [0.2, 0.25) is 0 Å². The molecule has 28 heavy (non-hydrogen) atoms. The number of methoxy groups -OCH3 is 2. The van der Waals surface area contributed by atoms with Gasteiger partial charge in [-0.25, -0.2) is 0 Å². The van der Waals surface area contributed by atoms with Crippen LogP contribution in [0.2, 0.25) is 0 Å². The second-order valence-corrected chi connectivity index (χ2v) is 7.84. The molecule has 2 aliphatic rings. The lowest BCUT2D eigenvalue weighted by Gasteiger charge is -2.39. The van der Waals surface area contributed by atoms with Gasteiger partial charge in [0.1, 0.15) is 0 Å². The first kappa shape index (κ1) is 19.2. The van der Waals surface area contributed by atoms with E-state index in [1.165, 1.54) is 6.07 Å². The fourth-order valence-electron chi connectivity index (χ4n) is 4.31.